The summed E-state index contributed by atoms with van der Waals surface area (Å²) >= 11 is 1.67. The van der Waals surface area contributed by atoms with E-state index in [-0.39, 0.29) is 0 Å². The maximum atomic E-state index is 5.43. The van der Waals surface area contributed by atoms with Crippen molar-refractivity contribution in [2.24, 2.45) is 7.05 Å². The van der Waals surface area contributed by atoms with Crippen LogP contribution in [0, 0.1) is 0 Å². The first-order valence-electron chi connectivity index (χ1n) is 9.22. The topological polar surface area (TPSA) is 52.4 Å². The normalized spacial score (nSPS) is 17.7. The molecule has 6 nitrogen and oxygen atoms in total. The van der Waals surface area contributed by atoms with Crippen molar-refractivity contribution in [3.05, 3.63) is 42.2 Å². The maximum absolute atomic E-state index is 5.43. The van der Waals surface area contributed by atoms with Crippen molar-refractivity contribution in [1.82, 2.24) is 19.7 Å². The average molecular weight is 389 g/mol. The molecule has 0 saturated carbocycles. The zero-order valence-electron chi connectivity index (χ0n) is 16.4. The number of methoxy groups -OCH3 is 2. The van der Waals surface area contributed by atoms with Crippen LogP contribution in [0.25, 0.3) is 0 Å². The highest BCUT2D eigenvalue weighted by Gasteiger charge is 2.26. The van der Waals surface area contributed by atoms with Crippen molar-refractivity contribution < 1.29 is 9.47 Å². The summed E-state index contributed by atoms with van der Waals surface area (Å²) in [5.74, 6) is 3.89. The van der Waals surface area contributed by atoms with Crippen LogP contribution in [0.15, 0.2) is 36.0 Å². The molecule has 0 aliphatic carbocycles. The second-order valence-corrected chi connectivity index (χ2v) is 7.75. The number of benzene rings is 1. The second kappa shape index (κ2) is 9.28. The van der Waals surface area contributed by atoms with Gasteiger partial charge in [-0.1, -0.05) is 23.9 Å². The Balaban J connectivity index is 1.68. The lowest BCUT2D eigenvalue weighted by Crippen LogP contribution is -2.34. The van der Waals surface area contributed by atoms with Gasteiger partial charge in [0.2, 0.25) is 0 Å². The Kier molecular flexibility index (Phi) is 6.79. The monoisotopic (exact) mass is 388 g/mol. The minimum absolute atomic E-state index is 0.412. The fourth-order valence-electron chi connectivity index (χ4n) is 3.59. The highest BCUT2D eigenvalue weighted by atomic mass is 32.2. The molecule has 1 aliphatic heterocycles. The molecule has 0 bridgehead atoms. The number of piperidine rings is 1. The van der Waals surface area contributed by atoms with Crippen LogP contribution in [-0.4, -0.2) is 52.7 Å². The summed E-state index contributed by atoms with van der Waals surface area (Å²) < 4.78 is 12.9. The molecule has 0 amide bonds. The molecule has 2 heterocycles. The number of hydrogen-bond donors (Lipinski definition) is 0. The van der Waals surface area contributed by atoms with E-state index >= 15 is 0 Å². The summed E-state index contributed by atoms with van der Waals surface area (Å²) in [6.45, 7) is 6.76. The number of ether oxygens (including phenoxy) is 2. The second-order valence-electron chi connectivity index (χ2n) is 6.76. The predicted molar refractivity (Wildman–Crippen MR) is 109 cm³/mol. The van der Waals surface area contributed by atoms with Crippen LogP contribution in [0.2, 0.25) is 0 Å². The Morgan fingerprint density at radius 3 is 2.81 bits per heavy atom. The Labute approximate surface area is 165 Å². The quantitative estimate of drug-likeness (QED) is 0.510. The Bertz CT molecular complexity index is 777. The third-order valence-corrected chi connectivity index (χ3v) is 5.94. The highest BCUT2D eigenvalue weighted by Crippen LogP contribution is 2.31. The van der Waals surface area contributed by atoms with Gasteiger partial charge in [-0.3, -0.25) is 4.90 Å². The first-order valence-corrected chi connectivity index (χ1v) is 10.2. The van der Waals surface area contributed by atoms with Gasteiger partial charge in [0.05, 0.1) is 14.2 Å². The molecule has 7 heteroatoms. The Morgan fingerprint density at radius 1 is 1.26 bits per heavy atom. The lowest BCUT2D eigenvalue weighted by molar-refractivity contribution is 0.194. The molecule has 0 spiro atoms. The third kappa shape index (κ3) is 4.65. The molecule has 1 atom stereocenters. The van der Waals surface area contributed by atoms with Gasteiger partial charge >= 0.3 is 0 Å². The van der Waals surface area contributed by atoms with Crippen molar-refractivity contribution in [2.75, 3.05) is 33.1 Å². The summed E-state index contributed by atoms with van der Waals surface area (Å²) in [6.07, 6.45) is 4.21. The van der Waals surface area contributed by atoms with Crippen LogP contribution >= 0.6 is 11.8 Å². The summed E-state index contributed by atoms with van der Waals surface area (Å²) in [5, 5.41) is 9.80. The number of nitrogens with zero attached hydrogens (tertiary/aromatic N) is 4. The molecule has 1 fully saturated rings. The lowest BCUT2D eigenvalue weighted by atomic mass is 9.96. The SMILES string of the molecule is C=CCSc1nnc(C2CCCN(Cc3ccc(OC)c(OC)c3)C2)n1C. The molecular weight excluding hydrogens is 360 g/mol. The van der Waals surface area contributed by atoms with Gasteiger partial charge in [0, 0.05) is 31.8 Å². The number of aromatic nitrogens is 3. The largest absolute Gasteiger partial charge is 0.493 e. The molecule has 1 aromatic heterocycles. The molecule has 1 unspecified atom stereocenters. The molecule has 1 aromatic carbocycles. The van der Waals surface area contributed by atoms with E-state index in [1.165, 1.54) is 12.0 Å². The summed E-state index contributed by atoms with van der Waals surface area (Å²) in [5.41, 5.74) is 1.23. The number of thioether (sulfide) groups is 1. The first kappa shape index (κ1) is 19.8. The van der Waals surface area contributed by atoms with E-state index in [4.69, 9.17) is 9.47 Å². The standard InChI is InChI=1S/C20H28N4O2S/c1-5-11-27-20-22-21-19(23(20)2)16-7-6-10-24(14-16)13-15-8-9-17(25-3)18(12-15)26-4/h5,8-9,12,16H,1,6-7,10-11,13-14H2,2-4H3. The van der Waals surface area contributed by atoms with E-state index in [1.54, 1.807) is 26.0 Å². The summed E-state index contributed by atoms with van der Waals surface area (Å²) in [4.78, 5) is 2.49. The zero-order valence-corrected chi connectivity index (χ0v) is 17.2. The molecule has 27 heavy (non-hydrogen) atoms. The van der Waals surface area contributed by atoms with Crippen LogP contribution in [0.1, 0.15) is 30.1 Å². The van der Waals surface area contributed by atoms with Gasteiger partial charge in [0.1, 0.15) is 5.82 Å². The van der Waals surface area contributed by atoms with E-state index in [0.717, 1.165) is 54.3 Å². The number of hydrogen-bond acceptors (Lipinski definition) is 6. The van der Waals surface area contributed by atoms with Crippen LogP contribution in [0.4, 0.5) is 0 Å². The van der Waals surface area contributed by atoms with Crippen LogP contribution in [0.5, 0.6) is 11.5 Å². The van der Waals surface area contributed by atoms with Gasteiger partial charge in [-0.25, -0.2) is 0 Å². The van der Waals surface area contributed by atoms with E-state index in [1.807, 2.05) is 12.1 Å². The van der Waals surface area contributed by atoms with Gasteiger partial charge in [-0.2, -0.15) is 0 Å². The fraction of sp³-hybridized carbons (Fsp3) is 0.500. The highest BCUT2D eigenvalue weighted by molar-refractivity contribution is 7.99. The Morgan fingerprint density at radius 2 is 2.07 bits per heavy atom. The van der Waals surface area contributed by atoms with Crippen molar-refractivity contribution >= 4 is 11.8 Å². The molecule has 146 valence electrons. The van der Waals surface area contributed by atoms with E-state index in [2.05, 4.69) is 45.4 Å². The van der Waals surface area contributed by atoms with Crippen molar-refractivity contribution in [3.8, 4) is 11.5 Å². The summed E-state index contributed by atoms with van der Waals surface area (Å²) in [6, 6.07) is 6.15. The lowest BCUT2D eigenvalue weighted by Gasteiger charge is -2.32. The average Bonchev–Trinajstić information content (AvgIpc) is 3.06. The smallest absolute Gasteiger partial charge is 0.191 e. The molecule has 3 rings (SSSR count). The van der Waals surface area contributed by atoms with Crippen molar-refractivity contribution in [3.63, 3.8) is 0 Å². The van der Waals surface area contributed by atoms with Gasteiger partial charge in [-0.15, -0.1) is 16.8 Å². The van der Waals surface area contributed by atoms with E-state index in [0.29, 0.717) is 5.92 Å². The molecular formula is C20H28N4O2S. The Hall–Kier alpha value is -1.99. The van der Waals surface area contributed by atoms with Crippen LogP contribution in [0.3, 0.4) is 0 Å². The molecule has 2 aromatic rings. The first-order chi connectivity index (χ1) is 13.2. The van der Waals surface area contributed by atoms with Gasteiger partial charge in [-0.05, 0) is 37.1 Å². The van der Waals surface area contributed by atoms with Crippen molar-refractivity contribution in [2.45, 2.75) is 30.5 Å². The van der Waals surface area contributed by atoms with Gasteiger partial charge in [0.15, 0.2) is 16.7 Å². The molecule has 0 N–H and O–H groups in total. The zero-order chi connectivity index (χ0) is 19.2. The predicted octanol–water partition coefficient (Wildman–Crippen LogP) is 3.49. The number of likely N-dealkylation sites (tertiary alicyclic amines) is 1. The van der Waals surface area contributed by atoms with Crippen LogP contribution < -0.4 is 9.47 Å². The molecule has 0 radical (unpaired) electrons. The van der Waals surface area contributed by atoms with E-state index in [9.17, 15) is 0 Å². The van der Waals surface area contributed by atoms with E-state index < -0.39 is 0 Å². The van der Waals surface area contributed by atoms with Crippen LogP contribution in [-0.2, 0) is 13.6 Å². The minimum Gasteiger partial charge on any atom is -0.493 e. The third-order valence-electron chi connectivity index (χ3n) is 4.92. The number of rotatable bonds is 8. The van der Waals surface area contributed by atoms with Crippen molar-refractivity contribution in [1.29, 1.82) is 0 Å². The minimum atomic E-state index is 0.412. The molecule has 1 saturated heterocycles. The molecule has 1 aliphatic rings. The fourth-order valence-corrected chi connectivity index (χ4v) is 4.24. The maximum Gasteiger partial charge on any atom is 0.191 e. The summed E-state index contributed by atoms with van der Waals surface area (Å²) in [7, 11) is 5.40. The van der Waals surface area contributed by atoms with Gasteiger partial charge < -0.3 is 14.0 Å². The van der Waals surface area contributed by atoms with Gasteiger partial charge in [0.25, 0.3) is 0 Å².